The second-order valence-corrected chi connectivity index (χ2v) is 7.10. The van der Waals surface area contributed by atoms with Crippen LogP contribution in [0.1, 0.15) is 24.1 Å². The summed E-state index contributed by atoms with van der Waals surface area (Å²) >= 11 is 6.23. The molecule has 31 heavy (non-hydrogen) atoms. The van der Waals surface area contributed by atoms with Gasteiger partial charge >= 0.3 is 6.18 Å². The molecule has 3 aromatic rings. The highest BCUT2D eigenvalue weighted by Crippen LogP contribution is 2.36. The molecule has 10 heteroatoms. The lowest BCUT2D eigenvalue weighted by atomic mass is 9.99. The molecule has 1 aromatic carbocycles. The Bertz CT molecular complexity index is 1050. The first kappa shape index (κ1) is 24.7. The summed E-state index contributed by atoms with van der Waals surface area (Å²) in [7, 11) is 0. The van der Waals surface area contributed by atoms with E-state index in [0.29, 0.717) is 22.5 Å². The molecule has 3 rings (SSSR count). The van der Waals surface area contributed by atoms with Crippen LogP contribution in [0, 0.1) is 11.3 Å². The molecule has 2 heterocycles. The Morgan fingerprint density at radius 2 is 1.87 bits per heavy atom. The zero-order chi connectivity index (χ0) is 21.7. The molecule has 0 amide bonds. The van der Waals surface area contributed by atoms with Gasteiger partial charge in [-0.3, -0.25) is 9.67 Å². The van der Waals surface area contributed by atoms with Crippen LogP contribution < -0.4 is 5.73 Å². The summed E-state index contributed by atoms with van der Waals surface area (Å²) in [5.74, 6) is 0.0919. The van der Waals surface area contributed by atoms with Crippen molar-refractivity contribution in [3.8, 4) is 28.5 Å². The molecule has 1 atom stereocenters. The van der Waals surface area contributed by atoms with Crippen molar-refractivity contribution in [1.82, 2.24) is 14.8 Å². The first-order valence-electron chi connectivity index (χ1n) is 9.21. The van der Waals surface area contributed by atoms with E-state index in [-0.39, 0.29) is 31.3 Å². The summed E-state index contributed by atoms with van der Waals surface area (Å²) < 4.78 is 39.2. The number of rotatable bonds is 7. The van der Waals surface area contributed by atoms with E-state index in [1.54, 1.807) is 47.4 Å². The number of hydrogen-bond donors (Lipinski definition) is 1. The SMILES string of the molecule is Cl.N#Cc1cccc(-c2nn(C[C@H](N)CCC(F)(F)F)c(CCl)c2-c2ccncc2)c1. The van der Waals surface area contributed by atoms with E-state index in [1.165, 1.54) is 0 Å². The normalized spacial score (nSPS) is 12.1. The second-order valence-electron chi connectivity index (χ2n) is 6.83. The Labute approximate surface area is 189 Å². The van der Waals surface area contributed by atoms with Gasteiger partial charge in [0.05, 0.1) is 29.8 Å². The largest absolute Gasteiger partial charge is 0.389 e. The van der Waals surface area contributed by atoms with Crippen LogP contribution in [-0.2, 0) is 12.4 Å². The molecule has 0 spiro atoms. The predicted molar refractivity (Wildman–Crippen MR) is 116 cm³/mol. The summed E-state index contributed by atoms with van der Waals surface area (Å²) in [4.78, 5) is 4.03. The zero-order valence-corrected chi connectivity index (χ0v) is 17.9. The molecule has 0 aliphatic heterocycles. The number of hydrogen-bond acceptors (Lipinski definition) is 4. The maximum atomic E-state index is 12.6. The van der Waals surface area contributed by atoms with Gasteiger partial charge in [-0.15, -0.1) is 24.0 Å². The third kappa shape index (κ3) is 6.20. The standard InChI is InChI=1S/C21H19ClF3N5.ClH/c22-11-18-19(15-5-8-28-9-6-15)20(16-3-1-2-14(10-16)12-26)29-30(18)13-17(27)4-7-21(23,24)25;/h1-3,5-6,8-10,17H,4,7,11,13,27H2;1H/t17-;/m1./s1. The zero-order valence-electron chi connectivity index (χ0n) is 16.3. The van der Waals surface area contributed by atoms with E-state index in [1.807, 2.05) is 6.07 Å². The van der Waals surface area contributed by atoms with Crippen molar-refractivity contribution in [2.24, 2.45) is 5.73 Å². The molecule has 0 saturated carbocycles. The van der Waals surface area contributed by atoms with Crippen LogP contribution in [0.3, 0.4) is 0 Å². The monoisotopic (exact) mass is 469 g/mol. The number of halogens is 5. The molecule has 0 saturated heterocycles. The van der Waals surface area contributed by atoms with Gasteiger partial charge in [0.1, 0.15) is 5.69 Å². The summed E-state index contributed by atoms with van der Waals surface area (Å²) in [6, 6.07) is 11.9. The van der Waals surface area contributed by atoms with Crippen molar-refractivity contribution in [3.05, 3.63) is 60.0 Å². The molecule has 0 unspecified atom stereocenters. The van der Waals surface area contributed by atoms with E-state index < -0.39 is 18.6 Å². The topological polar surface area (TPSA) is 80.5 Å². The maximum absolute atomic E-state index is 12.6. The minimum absolute atomic E-state index is 0. The Kier molecular flexibility index (Phi) is 8.45. The van der Waals surface area contributed by atoms with E-state index in [4.69, 9.17) is 17.3 Å². The molecule has 0 bridgehead atoms. The van der Waals surface area contributed by atoms with Gasteiger partial charge in [0, 0.05) is 36.0 Å². The van der Waals surface area contributed by atoms with E-state index >= 15 is 0 Å². The van der Waals surface area contributed by atoms with Crippen LogP contribution in [0.5, 0.6) is 0 Å². The van der Waals surface area contributed by atoms with Crippen LogP contribution in [0.2, 0.25) is 0 Å². The first-order valence-corrected chi connectivity index (χ1v) is 9.74. The molecule has 2 aromatic heterocycles. The van der Waals surface area contributed by atoms with Gasteiger partial charge in [-0.25, -0.2) is 0 Å². The van der Waals surface area contributed by atoms with Crippen LogP contribution in [-0.4, -0.2) is 27.0 Å². The molecule has 164 valence electrons. The lowest BCUT2D eigenvalue weighted by molar-refractivity contribution is -0.136. The minimum atomic E-state index is -4.26. The fourth-order valence-electron chi connectivity index (χ4n) is 3.21. The fourth-order valence-corrected chi connectivity index (χ4v) is 3.48. The smallest absolute Gasteiger partial charge is 0.326 e. The average molecular weight is 470 g/mol. The Balaban J connectivity index is 0.00000341. The number of pyridine rings is 1. The second kappa shape index (κ2) is 10.6. The number of nitrogens with two attached hydrogens (primary N) is 1. The van der Waals surface area contributed by atoms with Crippen molar-refractivity contribution in [1.29, 1.82) is 5.26 Å². The molecule has 0 radical (unpaired) electrons. The third-order valence-corrected chi connectivity index (χ3v) is 4.88. The highest BCUT2D eigenvalue weighted by molar-refractivity contribution is 6.17. The van der Waals surface area contributed by atoms with Gasteiger partial charge in [-0.2, -0.15) is 23.5 Å². The lowest BCUT2D eigenvalue weighted by Crippen LogP contribution is -2.29. The van der Waals surface area contributed by atoms with E-state index in [2.05, 4.69) is 16.2 Å². The molecule has 5 nitrogen and oxygen atoms in total. The number of aromatic nitrogens is 3. The first-order chi connectivity index (χ1) is 14.3. The summed E-state index contributed by atoms with van der Waals surface area (Å²) in [5, 5.41) is 13.9. The predicted octanol–water partition coefficient (Wildman–Crippen LogP) is 5.31. The summed E-state index contributed by atoms with van der Waals surface area (Å²) in [6.45, 7) is 0.0914. The average Bonchev–Trinajstić information content (AvgIpc) is 3.10. The molecule has 0 fully saturated rings. The van der Waals surface area contributed by atoms with Crippen molar-refractivity contribution >= 4 is 24.0 Å². The third-order valence-electron chi connectivity index (χ3n) is 4.62. The summed E-state index contributed by atoms with van der Waals surface area (Å²) in [6.07, 6.45) is -2.17. The number of benzene rings is 1. The van der Waals surface area contributed by atoms with Gasteiger partial charge in [0.2, 0.25) is 0 Å². The van der Waals surface area contributed by atoms with Crippen molar-refractivity contribution < 1.29 is 13.2 Å². The van der Waals surface area contributed by atoms with Gasteiger partial charge in [-0.05, 0) is 36.2 Å². The number of alkyl halides is 4. The Hall–Kier alpha value is -2.60. The minimum Gasteiger partial charge on any atom is -0.326 e. The molecular formula is C21H20Cl2F3N5. The van der Waals surface area contributed by atoms with Gasteiger partial charge in [0.15, 0.2) is 0 Å². The number of nitriles is 1. The van der Waals surface area contributed by atoms with Crippen molar-refractivity contribution in [2.45, 2.75) is 37.5 Å². The summed E-state index contributed by atoms with van der Waals surface area (Å²) in [5.41, 5.74) is 9.91. The van der Waals surface area contributed by atoms with Gasteiger partial charge in [0.25, 0.3) is 0 Å². The van der Waals surface area contributed by atoms with Gasteiger partial charge < -0.3 is 5.73 Å². The highest BCUT2D eigenvalue weighted by Gasteiger charge is 2.28. The quantitative estimate of drug-likeness (QED) is 0.475. The van der Waals surface area contributed by atoms with Crippen LogP contribution >= 0.6 is 24.0 Å². The van der Waals surface area contributed by atoms with Gasteiger partial charge in [-0.1, -0.05) is 12.1 Å². The van der Waals surface area contributed by atoms with E-state index in [0.717, 1.165) is 11.1 Å². The number of nitrogens with zero attached hydrogens (tertiary/aromatic N) is 4. The molecular weight excluding hydrogens is 450 g/mol. The maximum Gasteiger partial charge on any atom is 0.389 e. The van der Waals surface area contributed by atoms with Crippen molar-refractivity contribution in [2.75, 3.05) is 0 Å². The van der Waals surface area contributed by atoms with E-state index in [9.17, 15) is 18.4 Å². The van der Waals surface area contributed by atoms with Crippen LogP contribution in [0.15, 0.2) is 48.8 Å². The highest BCUT2D eigenvalue weighted by atomic mass is 35.5. The molecule has 0 aliphatic carbocycles. The fraction of sp³-hybridized carbons (Fsp3) is 0.286. The van der Waals surface area contributed by atoms with Crippen molar-refractivity contribution in [3.63, 3.8) is 0 Å². The lowest BCUT2D eigenvalue weighted by Gasteiger charge is -2.15. The molecule has 0 aliphatic rings. The van der Waals surface area contributed by atoms with Crippen LogP contribution in [0.25, 0.3) is 22.4 Å². The van der Waals surface area contributed by atoms with Crippen LogP contribution in [0.4, 0.5) is 13.2 Å². The Morgan fingerprint density at radius 1 is 1.16 bits per heavy atom. The molecule has 2 N–H and O–H groups in total. The Morgan fingerprint density at radius 3 is 2.48 bits per heavy atom.